The second kappa shape index (κ2) is 10.6. The van der Waals surface area contributed by atoms with Crippen LogP contribution in [0.1, 0.15) is 46.0 Å². The maximum atomic E-state index is 11.7. The summed E-state index contributed by atoms with van der Waals surface area (Å²) in [5.41, 5.74) is 0. The fourth-order valence-electron chi connectivity index (χ4n) is 1.83. The number of ether oxygens (including phenoxy) is 1. The van der Waals surface area contributed by atoms with Gasteiger partial charge in [-0.1, -0.05) is 13.3 Å². The van der Waals surface area contributed by atoms with Gasteiger partial charge in [-0.2, -0.15) is 0 Å². The van der Waals surface area contributed by atoms with E-state index in [2.05, 4.69) is 17.6 Å². The van der Waals surface area contributed by atoms with E-state index in [-0.39, 0.29) is 24.5 Å². The van der Waals surface area contributed by atoms with Crippen LogP contribution >= 0.6 is 0 Å². The average molecular weight is 274 g/mol. The van der Waals surface area contributed by atoms with E-state index in [9.17, 15) is 9.59 Å². The standard InChI is InChI=1S/C13H26N2O4/c1-4-6-11(9-19-3)15-13(18)14-10(2)7-5-8-12(16)17/h10-11H,4-9H2,1-3H3,(H,16,17)(H2,14,15,18). The Morgan fingerprint density at radius 2 is 1.95 bits per heavy atom. The summed E-state index contributed by atoms with van der Waals surface area (Å²) in [6.07, 6.45) is 3.20. The molecule has 0 saturated carbocycles. The predicted molar refractivity (Wildman–Crippen MR) is 73.2 cm³/mol. The van der Waals surface area contributed by atoms with Crippen molar-refractivity contribution < 1.29 is 19.4 Å². The van der Waals surface area contributed by atoms with Gasteiger partial charge in [-0.3, -0.25) is 4.79 Å². The maximum absolute atomic E-state index is 11.7. The molecule has 0 fully saturated rings. The van der Waals surface area contributed by atoms with Crippen LogP contribution in [0.3, 0.4) is 0 Å². The molecule has 0 rings (SSSR count). The van der Waals surface area contributed by atoms with E-state index in [4.69, 9.17) is 9.84 Å². The van der Waals surface area contributed by atoms with Crippen molar-refractivity contribution in [2.24, 2.45) is 0 Å². The second-order valence-corrected chi connectivity index (χ2v) is 4.75. The Bertz CT molecular complexity index is 265. The molecule has 0 aliphatic heterocycles. The number of hydrogen-bond donors (Lipinski definition) is 3. The lowest BCUT2D eigenvalue weighted by atomic mass is 10.1. The monoisotopic (exact) mass is 274 g/mol. The minimum Gasteiger partial charge on any atom is -0.481 e. The van der Waals surface area contributed by atoms with Crippen molar-refractivity contribution in [2.45, 2.75) is 58.0 Å². The summed E-state index contributed by atoms with van der Waals surface area (Å²) in [5, 5.41) is 14.2. The highest BCUT2D eigenvalue weighted by Gasteiger charge is 2.13. The van der Waals surface area contributed by atoms with E-state index >= 15 is 0 Å². The van der Waals surface area contributed by atoms with Gasteiger partial charge in [0.25, 0.3) is 0 Å². The molecule has 2 amide bonds. The molecular formula is C13H26N2O4. The fraction of sp³-hybridized carbons (Fsp3) is 0.846. The van der Waals surface area contributed by atoms with Crippen LogP contribution in [0.2, 0.25) is 0 Å². The minimum absolute atomic E-state index is 0.0150. The van der Waals surface area contributed by atoms with Gasteiger partial charge in [0.15, 0.2) is 0 Å². The molecule has 0 saturated heterocycles. The van der Waals surface area contributed by atoms with E-state index in [1.807, 2.05) is 6.92 Å². The van der Waals surface area contributed by atoms with Gasteiger partial charge in [0.05, 0.1) is 12.6 Å². The van der Waals surface area contributed by atoms with Gasteiger partial charge in [0, 0.05) is 19.6 Å². The molecule has 2 unspecified atom stereocenters. The van der Waals surface area contributed by atoms with E-state index in [1.165, 1.54) is 0 Å². The number of carbonyl (C=O) groups excluding carboxylic acids is 1. The first-order valence-electron chi connectivity index (χ1n) is 6.77. The number of aliphatic carboxylic acids is 1. The molecule has 0 bridgehead atoms. The molecule has 0 aromatic heterocycles. The molecule has 0 aromatic rings. The highest BCUT2D eigenvalue weighted by Crippen LogP contribution is 2.01. The van der Waals surface area contributed by atoms with Crippen LogP contribution < -0.4 is 10.6 Å². The summed E-state index contributed by atoms with van der Waals surface area (Å²) in [4.78, 5) is 22.1. The smallest absolute Gasteiger partial charge is 0.315 e. The largest absolute Gasteiger partial charge is 0.481 e. The van der Waals surface area contributed by atoms with E-state index in [0.717, 1.165) is 12.8 Å². The summed E-state index contributed by atoms with van der Waals surface area (Å²) in [5.74, 6) is -0.806. The summed E-state index contributed by atoms with van der Waals surface area (Å²) in [7, 11) is 1.61. The van der Waals surface area contributed by atoms with Crippen molar-refractivity contribution in [1.29, 1.82) is 0 Å². The number of hydrogen-bond acceptors (Lipinski definition) is 3. The van der Waals surface area contributed by atoms with Crippen LogP contribution in [0.4, 0.5) is 4.79 Å². The van der Waals surface area contributed by atoms with Gasteiger partial charge < -0.3 is 20.5 Å². The van der Waals surface area contributed by atoms with Gasteiger partial charge in [-0.25, -0.2) is 4.79 Å². The number of carboxylic acid groups (broad SMARTS) is 1. The van der Waals surface area contributed by atoms with Crippen LogP contribution in [0, 0.1) is 0 Å². The molecule has 3 N–H and O–H groups in total. The van der Waals surface area contributed by atoms with Crippen molar-refractivity contribution in [2.75, 3.05) is 13.7 Å². The fourth-order valence-corrected chi connectivity index (χ4v) is 1.83. The predicted octanol–water partition coefficient (Wildman–Crippen LogP) is 1.74. The molecule has 0 aromatic carbocycles. The van der Waals surface area contributed by atoms with E-state index < -0.39 is 5.97 Å². The Balaban J connectivity index is 3.89. The average Bonchev–Trinajstić information content (AvgIpc) is 2.28. The maximum Gasteiger partial charge on any atom is 0.315 e. The van der Waals surface area contributed by atoms with Crippen LogP contribution in [0.15, 0.2) is 0 Å². The topological polar surface area (TPSA) is 87.7 Å². The summed E-state index contributed by atoms with van der Waals surface area (Å²) in [6.45, 7) is 4.41. The lowest BCUT2D eigenvalue weighted by Gasteiger charge is -2.20. The number of carbonyl (C=O) groups is 2. The van der Waals surface area contributed by atoms with Gasteiger partial charge in [-0.05, 0) is 26.2 Å². The van der Waals surface area contributed by atoms with Gasteiger partial charge >= 0.3 is 12.0 Å². The molecule has 6 heteroatoms. The summed E-state index contributed by atoms with van der Waals surface area (Å²) < 4.78 is 5.05. The molecule has 0 spiro atoms. The quantitative estimate of drug-likeness (QED) is 0.566. The third-order valence-corrected chi connectivity index (χ3v) is 2.75. The Kier molecular flexibility index (Phi) is 9.88. The molecule has 0 radical (unpaired) electrons. The first kappa shape index (κ1) is 17.7. The lowest BCUT2D eigenvalue weighted by molar-refractivity contribution is -0.137. The van der Waals surface area contributed by atoms with Crippen molar-refractivity contribution in [1.82, 2.24) is 10.6 Å². The van der Waals surface area contributed by atoms with Crippen LogP contribution in [-0.2, 0) is 9.53 Å². The highest BCUT2D eigenvalue weighted by molar-refractivity contribution is 5.74. The van der Waals surface area contributed by atoms with E-state index in [1.54, 1.807) is 7.11 Å². The lowest BCUT2D eigenvalue weighted by Crippen LogP contribution is -2.46. The number of nitrogens with one attached hydrogen (secondary N) is 2. The van der Waals surface area contributed by atoms with Crippen molar-refractivity contribution in [3.8, 4) is 0 Å². The Morgan fingerprint density at radius 3 is 2.47 bits per heavy atom. The van der Waals surface area contributed by atoms with Crippen LogP contribution in [0.25, 0.3) is 0 Å². The number of urea groups is 1. The van der Waals surface area contributed by atoms with Crippen molar-refractivity contribution in [3.63, 3.8) is 0 Å². The zero-order chi connectivity index (χ0) is 14.7. The second-order valence-electron chi connectivity index (χ2n) is 4.75. The normalized spacial score (nSPS) is 13.6. The minimum atomic E-state index is -0.806. The van der Waals surface area contributed by atoms with Crippen LogP contribution in [-0.4, -0.2) is 42.9 Å². The van der Waals surface area contributed by atoms with Gasteiger partial charge in [0.2, 0.25) is 0 Å². The molecule has 0 aliphatic rings. The number of methoxy groups -OCH3 is 1. The SMILES string of the molecule is CCCC(COC)NC(=O)NC(C)CCCC(=O)O. The summed E-state index contributed by atoms with van der Waals surface area (Å²) >= 11 is 0. The number of carboxylic acids is 1. The Morgan fingerprint density at radius 1 is 1.26 bits per heavy atom. The molecule has 6 nitrogen and oxygen atoms in total. The third kappa shape index (κ3) is 10.3. The molecule has 0 aliphatic carbocycles. The van der Waals surface area contributed by atoms with Crippen molar-refractivity contribution >= 4 is 12.0 Å². The van der Waals surface area contributed by atoms with Gasteiger partial charge in [-0.15, -0.1) is 0 Å². The molecule has 112 valence electrons. The molecule has 2 atom stereocenters. The zero-order valence-electron chi connectivity index (χ0n) is 12.1. The first-order valence-corrected chi connectivity index (χ1v) is 6.77. The number of rotatable bonds is 10. The number of amides is 2. The van der Waals surface area contributed by atoms with Gasteiger partial charge in [0.1, 0.15) is 0 Å². The molecule has 19 heavy (non-hydrogen) atoms. The zero-order valence-corrected chi connectivity index (χ0v) is 12.1. The molecule has 0 heterocycles. The third-order valence-electron chi connectivity index (χ3n) is 2.75. The van der Waals surface area contributed by atoms with Crippen molar-refractivity contribution in [3.05, 3.63) is 0 Å². The summed E-state index contributed by atoms with van der Waals surface area (Å²) in [6, 6.07) is -0.247. The Labute approximate surface area is 114 Å². The van der Waals surface area contributed by atoms with Crippen LogP contribution in [0.5, 0.6) is 0 Å². The highest BCUT2D eigenvalue weighted by atomic mass is 16.5. The Hall–Kier alpha value is -1.30. The van der Waals surface area contributed by atoms with E-state index in [0.29, 0.717) is 19.4 Å². The molecular weight excluding hydrogens is 248 g/mol. The first-order chi connectivity index (χ1) is 8.99.